The molecular weight excluding hydrogens is 418 g/mol. The number of carbonyl (C=O) groups is 2. The van der Waals surface area contributed by atoms with Crippen LogP contribution < -0.4 is 15.4 Å². The van der Waals surface area contributed by atoms with Crippen LogP contribution >= 0.6 is 11.6 Å². The van der Waals surface area contributed by atoms with Crippen molar-refractivity contribution in [3.8, 4) is 5.75 Å². The molecule has 3 amide bonds. The molecule has 28 heavy (non-hydrogen) atoms. The summed E-state index contributed by atoms with van der Waals surface area (Å²) in [5.41, 5.74) is -1.31. The third-order valence-corrected chi connectivity index (χ3v) is 3.42. The minimum atomic E-state index is -4.84. The first-order valence-electron chi connectivity index (χ1n) is 7.22. The van der Waals surface area contributed by atoms with E-state index in [1.165, 1.54) is 0 Å². The Morgan fingerprint density at radius 1 is 1.07 bits per heavy atom. The Labute approximate surface area is 158 Å². The molecule has 0 saturated heterocycles. The molecule has 0 heterocycles. The first-order chi connectivity index (χ1) is 13.0. The van der Waals surface area contributed by atoms with Crippen LogP contribution in [0.1, 0.15) is 10.4 Å². The van der Waals surface area contributed by atoms with Gasteiger partial charge in [-0.1, -0.05) is 17.7 Å². The highest BCUT2D eigenvalue weighted by Crippen LogP contribution is 2.34. The standard InChI is InChI=1S/C16H9ClF6N2O3/c17-8-5-4-7(6-11(8)28-16(22,23)14(20)21)24-15(27)25-13(26)12-9(18)2-1-3-10(12)19/h1-6,14H,(H2,24,25,26,27). The molecular formula is C16H9ClF6N2O3. The molecule has 0 aliphatic rings. The number of ether oxygens (including phenoxy) is 1. The zero-order valence-corrected chi connectivity index (χ0v) is 14.2. The zero-order chi connectivity index (χ0) is 21.1. The van der Waals surface area contributed by atoms with Crippen molar-refractivity contribution in [3.05, 3.63) is 58.6 Å². The number of alkyl halides is 4. The Kier molecular flexibility index (Phi) is 6.39. The molecule has 0 aliphatic heterocycles. The van der Waals surface area contributed by atoms with E-state index >= 15 is 0 Å². The summed E-state index contributed by atoms with van der Waals surface area (Å²) in [6.07, 6.45) is -8.99. The zero-order valence-electron chi connectivity index (χ0n) is 13.4. The smallest absolute Gasteiger partial charge is 0.427 e. The number of halogens is 7. The van der Waals surface area contributed by atoms with Gasteiger partial charge in [0.1, 0.15) is 22.9 Å². The molecule has 5 nitrogen and oxygen atoms in total. The van der Waals surface area contributed by atoms with Gasteiger partial charge in [0.05, 0.1) is 5.02 Å². The number of nitrogens with one attached hydrogen (secondary N) is 2. The minimum Gasteiger partial charge on any atom is -0.427 e. The summed E-state index contributed by atoms with van der Waals surface area (Å²) in [7, 11) is 0. The summed E-state index contributed by atoms with van der Waals surface area (Å²) in [5.74, 6) is -4.73. The molecule has 0 saturated carbocycles. The molecule has 0 atom stereocenters. The fourth-order valence-electron chi connectivity index (χ4n) is 1.89. The first kappa shape index (κ1) is 21.4. The van der Waals surface area contributed by atoms with Crippen LogP contribution in [0.3, 0.4) is 0 Å². The third kappa shape index (κ3) is 5.06. The molecule has 12 heteroatoms. The molecule has 2 aromatic carbocycles. The highest BCUT2D eigenvalue weighted by molar-refractivity contribution is 6.32. The second-order valence-corrected chi connectivity index (χ2v) is 5.52. The van der Waals surface area contributed by atoms with E-state index in [4.69, 9.17) is 11.6 Å². The summed E-state index contributed by atoms with van der Waals surface area (Å²) in [6, 6.07) is 4.01. The molecule has 0 radical (unpaired) electrons. The number of amides is 3. The number of urea groups is 1. The van der Waals surface area contributed by atoms with Crippen LogP contribution in [-0.4, -0.2) is 24.5 Å². The Hall–Kier alpha value is -2.95. The molecule has 0 aliphatic carbocycles. The normalized spacial score (nSPS) is 11.3. The van der Waals surface area contributed by atoms with Gasteiger partial charge in [0.25, 0.3) is 5.91 Å². The van der Waals surface area contributed by atoms with Gasteiger partial charge < -0.3 is 10.1 Å². The predicted octanol–water partition coefficient (Wildman–Crippen LogP) is 4.82. The lowest BCUT2D eigenvalue weighted by atomic mass is 10.2. The maximum atomic E-state index is 13.5. The lowest BCUT2D eigenvalue weighted by molar-refractivity contribution is -0.253. The van der Waals surface area contributed by atoms with Gasteiger partial charge in [-0.15, -0.1) is 0 Å². The fourth-order valence-corrected chi connectivity index (χ4v) is 2.05. The van der Waals surface area contributed by atoms with Crippen molar-refractivity contribution in [2.75, 3.05) is 5.32 Å². The summed E-state index contributed by atoms with van der Waals surface area (Å²) in [6.45, 7) is 0. The SMILES string of the molecule is O=C(NC(=O)c1c(F)cccc1F)Nc1ccc(Cl)c(OC(F)(F)C(F)F)c1. The van der Waals surface area contributed by atoms with E-state index in [1.54, 1.807) is 5.32 Å². The molecule has 2 N–H and O–H groups in total. The Morgan fingerprint density at radius 2 is 1.68 bits per heavy atom. The second-order valence-electron chi connectivity index (χ2n) is 5.11. The van der Waals surface area contributed by atoms with E-state index in [-0.39, 0.29) is 5.69 Å². The van der Waals surface area contributed by atoms with E-state index in [1.807, 2.05) is 5.32 Å². The monoisotopic (exact) mass is 426 g/mol. The van der Waals surface area contributed by atoms with Crippen LogP contribution in [0.4, 0.5) is 36.8 Å². The van der Waals surface area contributed by atoms with Crippen molar-refractivity contribution in [2.24, 2.45) is 0 Å². The number of benzene rings is 2. The number of hydrogen-bond donors (Lipinski definition) is 2. The first-order valence-corrected chi connectivity index (χ1v) is 7.60. The average molecular weight is 427 g/mol. The van der Waals surface area contributed by atoms with Crippen LogP contribution in [0.2, 0.25) is 5.02 Å². The van der Waals surface area contributed by atoms with E-state index in [9.17, 15) is 35.9 Å². The Morgan fingerprint density at radius 3 is 2.25 bits per heavy atom. The lowest BCUT2D eigenvalue weighted by Crippen LogP contribution is -2.35. The number of carbonyl (C=O) groups excluding carboxylic acids is 2. The minimum absolute atomic E-state index is 0.288. The third-order valence-electron chi connectivity index (χ3n) is 3.11. The summed E-state index contributed by atoms with van der Waals surface area (Å²) in [5, 5.41) is 3.13. The van der Waals surface area contributed by atoms with Gasteiger partial charge in [0, 0.05) is 11.8 Å². The average Bonchev–Trinajstić information content (AvgIpc) is 2.57. The van der Waals surface area contributed by atoms with Crippen LogP contribution in [0.15, 0.2) is 36.4 Å². The highest BCUT2D eigenvalue weighted by atomic mass is 35.5. The van der Waals surface area contributed by atoms with Crippen LogP contribution in [0, 0.1) is 11.6 Å². The molecule has 0 bridgehead atoms. The van der Waals surface area contributed by atoms with E-state index in [0.717, 1.165) is 30.3 Å². The van der Waals surface area contributed by atoms with Gasteiger partial charge in [0.15, 0.2) is 0 Å². The maximum absolute atomic E-state index is 13.5. The van der Waals surface area contributed by atoms with Crippen LogP contribution in [-0.2, 0) is 0 Å². The molecule has 0 unspecified atom stereocenters. The van der Waals surface area contributed by atoms with Crippen molar-refractivity contribution in [1.82, 2.24) is 5.32 Å². The molecule has 0 fully saturated rings. The summed E-state index contributed by atoms with van der Waals surface area (Å²) >= 11 is 5.57. The predicted molar refractivity (Wildman–Crippen MR) is 85.9 cm³/mol. The summed E-state index contributed by atoms with van der Waals surface area (Å²) in [4.78, 5) is 23.6. The molecule has 0 spiro atoms. The number of imide groups is 1. The number of hydrogen-bond acceptors (Lipinski definition) is 3. The molecule has 150 valence electrons. The lowest BCUT2D eigenvalue weighted by Gasteiger charge is -2.18. The van der Waals surface area contributed by atoms with Gasteiger partial charge in [-0.2, -0.15) is 17.6 Å². The molecule has 2 rings (SSSR count). The quantitative estimate of drug-likeness (QED) is 0.674. The fraction of sp³-hybridized carbons (Fsp3) is 0.125. The topological polar surface area (TPSA) is 67.4 Å². The van der Waals surface area contributed by atoms with Crippen molar-refractivity contribution >= 4 is 29.2 Å². The van der Waals surface area contributed by atoms with Crippen LogP contribution in [0.5, 0.6) is 5.75 Å². The largest absolute Gasteiger partial charge is 0.461 e. The highest BCUT2D eigenvalue weighted by Gasteiger charge is 2.44. The van der Waals surface area contributed by atoms with Gasteiger partial charge in [-0.3, -0.25) is 10.1 Å². The van der Waals surface area contributed by atoms with Gasteiger partial charge >= 0.3 is 18.6 Å². The van der Waals surface area contributed by atoms with Crippen molar-refractivity contribution < 1.29 is 40.7 Å². The number of anilines is 1. The summed E-state index contributed by atoms with van der Waals surface area (Å²) < 4.78 is 81.3. The van der Waals surface area contributed by atoms with E-state index in [0.29, 0.717) is 6.07 Å². The maximum Gasteiger partial charge on any atom is 0.461 e. The van der Waals surface area contributed by atoms with E-state index in [2.05, 4.69) is 4.74 Å². The van der Waals surface area contributed by atoms with Crippen molar-refractivity contribution in [1.29, 1.82) is 0 Å². The molecule has 0 aromatic heterocycles. The molecule has 2 aromatic rings. The Bertz CT molecular complexity index is 890. The number of rotatable bonds is 5. The van der Waals surface area contributed by atoms with E-state index < -0.39 is 52.4 Å². The Balaban J connectivity index is 2.12. The van der Waals surface area contributed by atoms with Crippen molar-refractivity contribution in [3.63, 3.8) is 0 Å². The second kappa shape index (κ2) is 8.38. The van der Waals surface area contributed by atoms with Gasteiger partial charge in [0.2, 0.25) is 0 Å². The van der Waals surface area contributed by atoms with Crippen LogP contribution in [0.25, 0.3) is 0 Å². The van der Waals surface area contributed by atoms with Gasteiger partial charge in [-0.25, -0.2) is 13.6 Å². The van der Waals surface area contributed by atoms with Gasteiger partial charge in [-0.05, 0) is 24.3 Å². The van der Waals surface area contributed by atoms with Crippen molar-refractivity contribution in [2.45, 2.75) is 12.5 Å².